The third kappa shape index (κ3) is 3.60. The molecule has 6 N–H and O–H groups in total. The van der Waals surface area contributed by atoms with Gasteiger partial charge >= 0.3 is 0 Å². The van der Waals surface area contributed by atoms with Crippen molar-refractivity contribution >= 4 is 5.78 Å². The molecular weight excluding hydrogens is 332 g/mol. The van der Waals surface area contributed by atoms with Gasteiger partial charge in [-0.2, -0.15) is 0 Å². The van der Waals surface area contributed by atoms with Crippen LogP contribution in [0.3, 0.4) is 0 Å². The van der Waals surface area contributed by atoms with Crippen molar-refractivity contribution in [1.82, 2.24) is 0 Å². The Morgan fingerprint density at radius 3 is 2.12 bits per heavy atom. The molecule has 0 spiro atoms. The summed E-state index contributed by atoms with van der Waals surface area (Å²) in [6.07, 6.45) is -13.4. The van der Waals surface area contributed by atoms with Gasteiger partial charge in [0.2, 0.25) is 12.1 Å². The number of carbonyl (C=O) groups is 1. The van der Waals surface area contributed by atoms with E-state index in [-0.39, 0.29) is 0 Å². The summed E-state index contributed by atoms with van der Waals surface area (Å²) in [5, 5.41) is 57.8. The Balaban J connectivity index is 2.13. The molecule has 2 aliphatic rings. The quantitative estimate of drug-likeness (QED) is 0.280. The van der Waals surface area contributed by atoms with Crippen LogP contribution in [0.15, 0.2) is 0 Å². The predicted molar refractivity (Wildman–Crippen MR) is 72.4 cm³/mol. The molecule has 0 bridgehead atoms. The van der Waals surface area contributed by atoms with E-state index in [4.69, 9.17) is 24.1 Å². The smallest absolute Gasteiger partial charge is 0.221 e. The largest absolute Gasteiger partial charge is 0.394 e. The molecule has 9 atom stereocenters. The Morgan fingerprint density at radius 1 is 0.958 bits per heavy atom. The minimum absolute atomic E-state index is 0.621. The highest BCUT2D eigenvalue weighted by Gasteiger charge is 2.50. The highest BCUT2D eigenvalue weighted by Crippen LogP contribution is 2.27. The number of hydrogen-bond donors (Lipinski definition) is 6. The van der Waals surface area contributed by atoms with Gasteiger partial charge in [-0.1, -0.05) is 0 Å². The van der Waals surface area contributed by atoms with Crippen LogP contribution in [0.2, 0.25) is 0 Å². The third-order valence-corrected chi connectivity index (χ3v) is 4.04. The van der Waals surface area contributed by atoms with Gasteiger partial charge in [0.05, 0.1) is 13.2 Å². The normalized spacial score (nSPS) is 47.0. The minimum atomic E-state index is -1.85. The van der Waals surface area contributed by atoms with E-state index in [0.29, 0.717) is 0 Å². The fourth-order valence-corrected chi connectivity index (χ4v) is 2.63. The molecule has 0 aromatic rings. The SMILES string of the molecule is CO[C@@H]1OC(CO)[C@@H](O[C@H]2OC(CO)[C@@H](O)C(O)C2=O)[C@H](O)C1O. The molecule has 2 fully saturated rings. The number of aliphatic hydroxyl groups excluding tert-OH is 6. The lowest BCUT2D eigenvalue weighted by atomic mass is 9.97. The summed E-state index contributed by atoms with van der Waals surface area (Å²) in [7, 11) is 1.23. The molecule has 2 heterocycles. The molecule has 0 radical (unpaired) electrons. The Kier molecular flexibility index (Phi) is 6.61. The molecule has 11 heteroatoms. The number of rotatable bonds is 5. The number of hydrogen-bond acceptors (Lipinski definition) is 11. The maximum atomic E-state index is 12.0. The van der Waals surface area contributed by atoms with Gasteiger partial charge in [0, 0.05) is 7.11 Å². The third-order valence-electron chi connectivity index (χ3n) is 4.04. The highest BCUT2D eigenvalue weighted by atomic mass is 16.7. The van der Waals surface area contributed by atoms with Crippen molar-refractivity contribution in [2.45, 2.75) is 55.3 Å². The first kappa shape index (κ1) is 19.6. The fraction of sp³-hybridized carbons (Fsp3) is 0.923. The zero-order valence-corrected chi connectivity index (χ0v) is 12.8. The summed E-state index contributed by atoms with van der Waals surface area (Å²) >= 11 is 0. The Bertz CT molecular complexity index is 430. The number of methoxy groups -OCH3 is 1. The summed E-state index contributed by atoms with van der Waals surface area (Å²) in [5.74, 6) is -1.03. The minimum Gasteiger partial charge on any atom is -0.394 e. The molecule has 11 nitrogen and oxygen atoms in total. The van der Waals surface area contributed by atoms with E-state index in [1.807, 2.05) is 0 Å². The molecule has 4 unspecified atom stereocenters. The maximum Gasteiger partial charge on any atom is 0.221 e. The molecule has 2 aliphatic heterocycles. The van der Waals surface area contributed by atoms with Crippen LogP contribution in [0.5, 0.6) is 0 Å². The van der Waals surface area contributed by atoms with Crippen molar-refractivity contribution in [2.24, 2.45) is 0 Å². The van der Waals surface area contributed by atoms with E-state index in [2.05, 4.69) is 0 Å². The van der Waals surface area contributed by atoms with Gasteiger partial charge in [0.25, 0.3) is 0 Å². The van der Waals surface area contributed by atoms with Gasteiger partial charge in [-0.25, -0.2) is 0 Å². The lowest BCUT2D eigenvalue weighted by molar-refractivity contribution is -0.328. The molecule has 0 amide bonds. The summed E-state index contributed by atoms with van der Waals surface area (Å²) in [6.45, 7) is -1.31. The predicted octanol–water partition coefficient (Wildman–Crippen LogP) is -4.53. The van der Waals surface area contributed by atoms with E-state index in [9.17, 15) is 30.3 Å². The average Bonchev–Trinajstić information content (AvgIpc) is 2.59. The Labute approximate surface area is 136 Å². The summed E-state index contributed by atoms with van der Waals surface area (Å²) in [6, 6.07) is 0. The van der Waals surface area contributed by atoms with Crippen LogP contribution >= 0.6 is 0 Å². The molecule has 140 valence electrons. The molecule has 0 saturated carbocycles. The fourth-order valence-electron chi connectivity index (χ4n) is 2.63. The number of ether oxygens (including phenoxy) is 4. The van der Waals surface area contributed by atoms with Crippen molar-refractivity contribution in [1.29, 1.82) is 0 Å². The Hall–Kier alpha value is -0.730. The number of aliphatic hydroxyl groups is 6. The zero-order valence-electron chi connectivity index (χ0n) is 12.8. The topological polar surface area (TPSA) is 175 Å². The van der Waals surface area contributed by atoms with Gasteiger partial charge in [-0.05, 0) is 0 Å². The van der Waals surface area contributed by atoms with Crippen LogP contribution in [0, 0.1) is 0 Å². The Morgan fingerprint density at radius 2 is 1.58 bits per heavy atom. The average molecular weight is 354 g/mol. The lowest BCUT2D eigenvalue weighted by Gasteiger charge is -2.43. The maximum absolute atomic E-state index is 12.0. The van der Waals surface area contributed by atoms with Crippen molar-refractivity contribution in [2.75, 3.05) is 20.3 Å². The van der Waals surface area contributed by atoms with Gasteiger partial charge in [-0.15, -0.1) is 0 Å². The first-order valence-corrected chi connectivity index (χ1v) is 7.32. The van der Waals surface area contributed by atoms with Crippen molar-refractivity contribution in [3.63, 3.8) is 0 Å². The van der Waals surface area contributed by atoms with Crippen LogP contribution in [0.1, 0.15) is 0 Å². The standard InChI is InChI=1S/C13H22O11/c1-21-12-10(20)8(18)11(5(3-15)23-12)24-13-9(19)7(17)6(16)4(2-14)22-13/h4-8,10-18,20H,2-3H2,1H3/t4?,5?,6-,7?,8-,10?,11-,12-,13-/m1/s1. The van der Waals surface area contributed by atoms with E-state index in [1.165, 1.54) is 7.11 Å². The molecule has 24 heavy (non-hydrogen) atoms. The van der Waals surface area contributed by atoms with E-state index < -0.39 is 74.3 Å². The molecule has 2 saturated heterocycles. The zero-order chi connectivity index (χ0) is 18.0. The number of Topliss-reactive ketones (excluding diaryl/α,β-unsaturated/α-hetero) is 1. The van der Waals surface area contributed by atoms with Crippen LogP contribution in [0.25, 0.3) is 0 Å². The van der Waals surface area contributed by atoms with Gasteiger partial charge < -0.3 is 49.6 Å². The van der Waals surface area contributed by atoms with Gasteiger partial charge in [-0.3, -0.25) is 4.79 Å². The van der Waals surface area contributed by atoms with E-state index in [0.717, 1.165) is 0 Å². The first-order valence-electron chi connectivity index (χ1n) is 7.32. The molecule has 0 aromatic carbocycles. The molecular formula is C13H22O11. The van der Waals surface area contributed by atoms with Crippen LogP contribution < -0.4 is 0 Å². The second-order valence-electron chi connectivity index (χ2n) is 5.57. The number of carbonyl (C=O) groups excluding carboxylic acids is 1. The van der Waals surface area contributed by atoms with Crippen molar-refractivity contribution in [3.05, 3.63) is 0 Å². The highest BCUT2D eigenvalue weighted by molar-refractivity contribution is 5.87. The van der Waals surface area contributed by atoms with Crippen LogP contribution in [0.4, 0.5) is 0 Å². The monoisotopic (exact) mass is 354 g/mol. The molecule has 0 aliphatic carbocycles. The first-order chi connectivity index (χ1) is 11.3. The second-order valence-corrected chi connectivity index (χ2v) is 5.57. The second kappa shape index (κ2) is 8.10. The van der Waals surface area contributed by atoms with Crippen LogP contribution in [-0.4, -0.2) is 112 Å². The summed E-state index contributed by atoms with van der Waals surface area (Å²) in [4.78, 5) is 12.0. The van der Waals surface area contributed by atoms with Crippen LogP contribution in [-0.2, 0) is 23.7 Å². The lowest BCUT2D eigenvalue weighted by Crippen LogP contribution is -2.63. The molecule has 0 aromatic heterocycles. The summed E-state index contributed by atoms with van der Waals surface area (Å²) < 4.78 is 20.4. The summed E-state index contributed by atoms with van der Waals surface area (Å²) in [5.41, 5.74) is 0. The van der Waals surface area contributed by atoms with E-state index in [1.54, 1.807) is 0 Å². The van der Waals surface area contributed by atoms with Gasteiger partial charge in [0.15, 0.2) is 6.29 Å². The van der Waals surface area contributed by atoms with Crippen molar-refractivity contribution in [3.8, 4) is 0 Å². The van der Waals surface area contributed by atoms with Crippen molar-refractivity contribution < 1.29 is 54.4 Å². The number of ketones is 1. The van der Waals surface area contributed by atoms with Gasteiger partial charge in [0.1, 0.15) is 42.7 Å². The van der Waals surface area contributed by atoms with E-state index >= 15 is 0 Å². The molecule has 2 rings (SSSR count).